The van der Waals surface area contributed by atoms with E-state index in [4.69, 9.17) is 85.2 Å². The second-order valence-electron chi connectivity index (χ2n) is 26.0. The highest BCUT2D eigenvalue weighted by Crippen LogP contribution is 2.29. The number of aromatic nitrogens is 17. The first kappa shape index (κ1) is 94.2. The van der Waals surface area contributed by atoms with Gasteiger partial charge >= 0.3 is 34.9 Å². The van der Waals surface area contributed by atoms with Gasteiger partial charge in [-0.2, -0.15) is 13.2 Å². The number of aryl methyl sites for hydroxylation is 1. The van der Waals surface area contributed by atoms with Gasteiger partial charge < -0.3 is 50.8 Å². The normalized spacial score (nSPS) is 11.3. The molecule has 1 fully saturated rings. The molecule has 40 heteroatoms. The highest BCUT2D eigenvalue weighted by atomic mass is 35.5. The lowest BCUT2D eigenvalue weighted by molar-refractivity contribution is -0.384. The van der Waals surface area contributed by atoms with E-state index < -0.39 is 17.1 Å². The number of nitrogen functional groups attached to an aromatic ring is 1. The molecule has 16 rings (SSSR count). The van der Waals surface area contributed by atoms with E-state index in [1.165, 1.54) is 12.4 Å². The number of rotatable bonds is 19. The average Bonchev–Trinajstić information content (AvgIpc) is 1.60. The Morgan fingerprint density at radius 1 is 0.589 bits per heavy atom. The zero-order chi connectivity index (χ0) is 89.6. The summed E-state index contributed by atoms with van der Waals surface area (Å²) in [6.45, 7) is 23.9. The molecule has 0 spiro atoms. The molecular formula is C84H80Cl6F3N23O8. The monoisotopic (exact) mass is 1810 g/mol. The van der Waals surface area contributed by atoms with E-state index in [1.54, 1.807) is 128 Å². The van der Waals surface area contributed by atoms with Gasteiger partial charge in [-0.3, -0.25) is 42.7 Å². The number of aromatic amines is 2. The minimum absolute atomic E-state index is 0.0237. The number of carboxylic acid groups (broad SMARTS) is 1. The number of allylic oxidation sites excluding steroid dienone is 2. The number of halogens is 9. The molecular weight excluding hydrogens is 1730 g/mol. The van der Waals surface area contributed by atoms with Crippen molar-refractivity contribution in [3.63, 3.8) is 0 Å². The van der Waals surface area contributed by atoms with Crippen LogP contribution in [0.25, 0.3) is 55.2 Å². The van der Waals surface area contributed by atoms with E-state index in [9.17, 15) is 42.5 Å². The molecule has 0 amide bonds. The highest BCUT2D eigenvalue weighted by molar-refractivity contribution is 6.35. The molecule has 0 unspecified atom stereocenters. The maximum absolute atomic E-state index is 12.6. The molecule has 124 heavy (non-hydrogen) atoms. The number of alkyl halides is 3. The van der Waals surface area contributed by atoms with Gasteiger partial charge in [-0.05, 0) is 77.7 Å². The lowest BCUT2D eigenvalue weighted by atomic mass is 10.2. The Balaban J connectivity index is 0.000000163. The number of pyridine rings is 7. The van der Waals surface area contributed by atoms with E-state index in [0.29, 0.717) is 122 Å². The summed E-state index contributed by atoms with van der Waals surface area (Å²) in [6.07, 6.45) is 14.1. The summed E-state index contributed by atoms with van der Waals surface area (Å²) in [5.74, 6) is 4.04. The third kappa shape index (κ3) is 24.8. The van der Waals surface area contributed by atoms with Crippen LogP contribution in [0.15, 0.2) is 253 Å². The number of carboxylic acids is 1. The van der Waals surface area contributed by atoms with Crippen molar-refractivity contribution in [2.45, 2.75) is 52.4 Å². The largest absolute Gasteiger partial charge is 0.490 e. The van der Waals surface area contributed by atoms with Gasteiger partial charge in [-0.15, -0.1) is 32.2 Å². The van der Waals surface area contributed by atoms with Crippen molar-refractivity contribution in [2.75, 3.05) is 60.5 Å². The topological polar surface area (TPSA) is 383 Å². The number of H-pyrrole nitrogens is 2. The van der Waals surface area contributed by atoms with Crippen molar-refractivity contribution in [3.05, 3.63) is 333 Å². The second-order valence-corrected chi connectivity index (χ2v) is 28.1. The first-order chi connectivity index (χ1) is 59.6. The minimum Gasteiger partial charge on any atom is -0.475 e. The van der Waals surface area contributed by atoms with Gasteiger partial charge in [0.2, 0.25) is 11.2 Å². The van der Waals surface area contributed by atoms with Gasteiger partial charge in [0.05, 0.1) is 70.1 Å². The Morgan fingerprint density at radius 3 is 1.67 bits per heavy atom. The highest BCUT2D eigenvalue weighted by Gasteiger charge is 2.38. The number of piperazine rings is 1. The number of hydrogen-bond acceptors (Lipinski definition) is 20. The number of hydrogen-bond donors (Lipinski definition) is 7. The summed E-state index contributed by atoms with van der Waals surface area (Å²) in [6, 6.07) is 41.9. The summed E-state index contributed by atoms with van der Waals surface area (Å²) in [5, 5.41) is 29.0. The molecule has 15 aromatic rings. The molecule has 0 atom stereocenters. The number of fused-ring (bicyclic) bond motifs is 5. The Morgan fingerprint density at radius 2 is 1.09 bits per heavy atom. The number of nitrogens with two attached hydrogens (primary N) is 1. The Kier molecular flexibility index (Phi) is 34.8. The van der Waals surface area contributed by atoms with E-state index in [0.717, 1.165) is 82.1 Å². The fraction of sp³-hybridized carbons (Fsp3) is 0.179. The molecule has 12 aromatic heterocycles. The van der Waals surface area contributed by atoms with Crippen molar-refractivity contribution in [3.8, 4) is 11.8 Å². The fourth-order valence-corrected chi connectivity index (χ4v) is 13.4. The zero-order valence-corrected chi connectivity index (χ0v) is 70.9. The number of benzene rings is 3. The molecule has 642 valence electrons. The number of nitrogens with zero attached hydrogens (tertiary/aromatic N) is 17. The summed E-state index contributed by atoms with van der Waals surface area (Å²) in [5.41, 5.74) is 17.0. The third-order valence-electron chi connectivity index (χ3n) is 17.7. The summed E-state index contributed by atoms with van der Waals surface area (Å²) < 4.78 is 43.6. The Hall–Kier alpha value is -13.7. The third-order valence-corrected chi connectivity index (χ3v) is 19.4. The van der Waals surface area contributed by atoms with Crippen LogP contribution in [0, 0.1) is 22.0 Å². The van der Waals surface area contributed by atoms with Crippen molar-refractivity contribution in [1.29, 1.82) is 0 Å². The molecule has 31 nitrogen and oxygen atoms in total. The summed E-state index contributed by atoms with van der Waals surface area (Å²) >= 11 is 36.0. The van der Waals surface area contributed by atoms with Crippen LogP contribution in [-0.4, -0.2) is 143 Å². The maximum atomic E-state index is 12.6. The lowest BCUT2D eigenvalue weighted by Crippen LogP contribution is -2.44. The quantitative estimate of drug-likeness (QED) is 0.0130. The molecule has 1 aliphatic heterocycles. The number of imidazole rings is 5. The molecule has 1 saturated heterocycles. The molecule has 8 N–H and O–H groups in total. The molecule has 0 radical (unpaired) electrons. The summed E-state index contributed by atoms with van der Waals surface area (Å²) in [4.78, 5) is 107. The molecule has 1 aliphatic rings. The Bertz CT molecular complexity index is 6550. The van der Waals surface area contributed by atoms with Crippen LogP contribution >= 0.6 is 69.6 Å². The van der Waals surface area contributed by atoms with Crippen LogP contribution in [0.5, 0.6) is 0 Å². The molecule has 3 aromatic carbocycles. The average molecular weight is 1810 g/mol. The lowest BCUT2D eigenvalue weighted by Gasteiger charge is -2.28. The first-order valence-corrected chi connectivity index (χ1v) is 39.5. The van der Waals surface area contributed by atoms with Crippen LogP contribution in [0.3, 0.4) is 0 Å². The van der Waals surface area contributed by atoms with Crippen LogP contribution in [0.2, 0.25) is 31.0 Å². The van der Waals surface area contributed by atoms with E-state index >= 15 is 0 Å². The molecule has 0 aliphatic carbocycles. The minimum atomic E-state index is -5.08. The van der Waals surface area contributed by atoms with Crippen molar-refractivity contribution in [2.24, 2.45) is 7.05 Å². The number of anilines is 4. The van der Waals surface area contributed by atoms with E-state index in [1.807, 2.05) is 113 Å². The SMILES string of the molecule is C=CCNc1ccnc(Cl)c1N.C=CCNc1ccncc1[N+](=O)[O-].C=CCn1c(=O)[nH]c2c(Cl)nccc21.C=CCn1c(=O)n(Cc2ccccc2)c2c(Cl)nccc21.CC#CCn1c(N2CCNCC2)nc2ccn(C)c(=O)c21.Clc1nccc2nc(Cl)n(Cc3ccccc3)c12.O=C(O)C(F)(F)F.O=c1[nH]c2ccnc(Cl)c2n1Cc1ccccc1. The number of nitro groups is 1. The van der Waals surface area contributed by atoms with Gasteiger partial charge in [0.1, 0.15) is 39.5 Å². The Labute approximate surface area is 735 Å². The van der Waals surface area contributed by atoms with Gasteiger partial charge in [-0.1, -0.05) is 179 Å². The second kappa shape index (κ2) is 45.8. The van der Waals surface area contributed by atoms with Gasteiger partial charge in [0.25, 0.3) is 5.56 Å². The number of nitrogens with one attached hydrogen (secondary N) is 5. The van der Waals surface area contributed by atoms with Crippen LogP contribution < -0.4 is 49.2 Å². The van der Waals surface area contributed by atoms with Gasteiger partial charge in [0, 0.05) is 103 Å². The first-order valence-electron chi connectivity index (χ1n) is 37.2. The van der Waals surface area contributed by atoms with Gasteiger partial charge in [0.15, 0.2) is 25.8 Å². The standard InChI is InChI=1S/C16H14ClN3O.C15H19N5O.C13H9Cl2N3.C13H10ClN3O.C9H8ClN3O.C8H10ClN3.C8H9N3O2.C2HF3O2/c1-2-10-19-13-8-9-18-15(17)14(13)20(16(19)21)11-12-6-4-3-5-7-12;1-3-4-8-20-13-12(5-9-18(2)14(13)21)17-15(20)19-10-6-16-7-11-19;14-12-11-10(6-7-16-12)17-13(15)18(11)8-9-4-2-1-3-5-9;14-12-11-10(6-7-15-12)16-13(18)17(11)8-9-4-2-1-3-5-9;1-2-5-13-6-3-4-11-8(10)7(6)12-9(13)14;1-2-4-11-6-3-5-12-8(9)7(6)10;1-2-4-10-7-3-5-9-6-8(7)11(12)13;3-2(4,5)1(6)7/h2-9H,1,10-11H2;5,9,16H,6-8,10-11H2,1-2H3;1-7H,8H2;1-7H,8H2,(H,16,18);2-4H,1,5H2,(H,12,14);2-3,5H,1,4,10H2,(H,11,12);2-3,5-6H,1,4H2,(H,9,10);(H,6,7). The predicted octanol–water partition coefficient (Wildman–Crippen LogP) is 15.2. The van der Waals surface area contributed by atoms with E-state index in [-0.39, 0.29) is 28.3 Å². The summed E-state index contributed by atoms with van der Waals surface area (Å²) in [7, 11) is 1.76. The van der Waals surface area contributed by atoms with E-state index in [2.05, 4.69) is 109 Å². The van der Waals surface area contributed by atoms with Crippen LogP contribution in [0.1, 0.15) is 23.6 Å². The van der Waals surface area contributed by atoms with Gasteiger partial charge in [-0.25, -0.2) is 54.1 Å². The number of carbonyl (C=O) groups is 1. The predicted molar refractivity (Wildman–Crippen MR) is 483 cm³/mol. The van der Waals surface area contributed by atoms with Crippen molar-refractivity contribution >= 4 is 159 Å². The number of aliphatic carboxylic acids is 1. The van der Waals surface area contributed by atoms with Crippen LogP contribution in [0.4, 0.5) is 41.9 Å². The van der Waals surface area contributed by atoms with Crippen molar-refractivity contribution < 1.29 is 28.0 Å². The molecule has 0 saturated carbocycles. The van der Waals surface area contributed by atoms with Crippen molar-refractivity contribution in [1.82, 2.24) is 87.1 Å². The fourth-order valence-electron chi connectivity index (χ4n) is 12.0. The van der Waals surface area contributed by atoms with Crippen LogP contribution in [-0.2, 0) is 51.1 Å². The zero-order valence-electron chi connectivity index (χ0n) is 66.3. The maximum Gasteiger partial charge on any atom is 0.490 e. The molecule has 13 heterocycles. The smallest absolute Gasteiger partial charge is 0.475 e. The molecule has 0 bridgehead atoms.